The number of carbonyl (C=O) groups is 1. The van der Waals surface area contributed by atoms with Gasteiger partial charge in [-0.1, -0.05) is 6.07 Å². The molecule has 1 N–H and O–H groups in total. The number of H-pyrrole nitrogens is 1. The minimum atomic E-state index is 0.286. The Morgan fingerprint density at radius 1 is 1.32 bits per heavy atom. The van der Waals surface area contributed by atoms with Crippen molar-refractivity contribution >= 4 is 6.29 Å². The molecular weight excluding hydrogens is 244 g/mol. The van der Waals surface area contributed by atoms with Crippen molar-refractivity contribution in [1.82, 2.24) is 9.97 Å². The summed E-state index contributed by atoms with van der Waals surface area (Å²) in [6, 6.07) is 5.90. The van der Waals surface area contributed by atoms with Crippen LogP contribution in [0.2, 0.25) is 0 Å². The average Bonchev–Trinajstić information content (AvgIpc) is 3.01. The number of aromatic amines is 1. The van der Waals surface area contributed by atoms with Crippen molar-refractivity contribution in [1.29, 1.82) is 0 Å². The lowest BCUT2D eigenvalue weighted by Crippen LogP contribution is -1.96. The number of aromatic nitrogens is 2. The Bertz CT molecular complexity index is 619. The quantitative estimate of drug-likeness (QED) is 0.852. The summed E-state index contributed by atoms with van der Waals surface area (Å²) < 4.78 is 10.6. The number of imidazole rings is 1. The molecule has 0 unspecified atom stereocenters. The van der Waals surface area contributed by atoms with Crippen LogP contribution >= 0.6 is 0 Å². The molecule has 1 aromatic heterocycles. The summed E-state index contributed by atoms with van der Waals surface area (Å²) in [4.78, 5) is 18.1. The largest absolute Gasteiger partial charge is 0.454 e. The fourth-order valence-electron chi connectivity index (χ4n) is 2.21. The first kappa shape index (κ1) is 11.8. The van der Waals surface area contributed by atoms with Crippen LogP contribution in [0.1, 0.15) is 27.6 Å². The Morgan fingerprint density at radius 2 is 2.16 bits per heavy atom. The molecular formula is C14H14N2O3. The third kappa shape index (κ3) is 2.31. The predicted molar refractivity (Wildman–Crippen MR) is 68.7 cm³/mol. The molecule has 0 saturated carbocycles. The smallest absolute Gasteiger partial charge is 0.231 e. The third-order valence-corrected chi connectivity index (χ3v) is 3.14. The van der Waals surface area contributed by atoms with Crippen molar-refractivity contribution in [2.45, 2.75) is 19.8 Å². The molecule has 19 heavy (non-hydrogen) atoms. The molecule has 0 spiro atoms. The summed E-state index contributed by atoms with van der Waals surface area (Å²) >= 11 is 0. The number of nitrogens with one attached hydrogen (secondary N) is 1. The lowest BCUT2D eigenvalue weighted by Gasteiger charge is -2.02. The molecule has 0 fully saturated rings. The molecule has 1 aliphatic heterocycles. The number of hydrogen-bond acceptors (Lipinski definition) is 4. The first-order chi connectivity index (χ1) is 9.26. The zero-order chi connectivity index (χ0) is 13.2. The molecule has 5 nitrogen and oxygen atoms in total. The number of fused-ring (bicyclic) bond motifs is 1. The van der Waals surface area contributed by atoms with Crippen molar-refractivity contribution in [3.63, 3.8) is 0 Å². The van der Waals surface area contributed by atoms with Gasteiger partial charge in [0.1, 0.15) is 11.5 Å². The number of carbonyl (C=O) groups excluding carboxylic acids is 1. The molecule has 98 valence electrons. The summed E-state index contributed by atoms with van der Waals surface area (Å²) in [6.07, 6.45) is 2.35. The van der Waals surface area contributed by atoms with Gasteiger partial charge < -0.3 is 14.5 Å². The molecule has 5 heteroatoms. The van der Waals surface area contributed by atoms with E-state index < -0.39 is 0 Å². The standard InChI is InChI=1S/C14H14N2O3/c1-9-15-11(12(7-17)16-9)4-2-10-3-5-13-14(6-10)19-8-18-13/h3,5-7H,2,4,8H2,1H3,(H,15,16). The highest BCUT2D eigenvalue weighted by Gasteiger charge is 2.13. The average molecular weight is 258 g/mol. The van der Waals surface area contributed by atoms with Crippen molar-refractivity contribution in [2.24, 2.45) is 0 Å². The Labute approximate surface area is 110 Å². The van der Waals surface area contributed by atoms with Gasteiger partial charge >= 0.3 is 0 Å². The van der Waals surface area contributed by atoms with Crippen LogP contribution in [-0.2, 0) is 12.8 Å². The summed E-state index contributed by atoms with van der Waals surface area (Å²) in [7, 11) is 0. The topological polar surface area (TPSA) is 64.2 Å². The van der Waals surface area contributed by atoms with E-state index in [-0.39, 0.29) is 6.79 Å². The molecule has 1 aromatic carbocycles. The maximum atomic E-state index is 10.9. The first-order valence-electron chi connectivity index (χ1n) is 6.15. The SMILES string of the molecule is Cc1nc(C=O)c(CCc2ccc3c(c2)OCO3)[nH]1. The minimum Gasteiger partial charge on any atom is -0.454 e. The highest BCUT2D eigenvalue weighted by atomic mass is 16.7. The van der Waals surface area contributed by atoms with E-state index in [0.717, 1.165) is 47.7 Å². The zero-order valence-corrected chi connectivity index (χ0v) is 10.6. The van der Waals surface area contributed by atoms with Crippen LogP contribution in [0.5, 0.6) is 11.5 Å². The Balaban J connectivity index is 1.73. The van der Waals surface area contributed by atoms with Crippen LogP contribution < -0.4 is 9.47 Å². The summed E-state index contributed by atoms with van der Waals surface area (Å²) in [6.45, 7) is 2.13. The van der Waals surface area contributed by atoms with Gasteiger partial charge in [0, 0.05) is 5.69 Å². The molecule has 0 amide bonds. The van der Waals surface area contributed by atoms with Gasteiger partial charge in [0.15, 0.2) is 17.8 Å². The van der Waals surface area contributed by atoms with Gasteiger partial charge in [0.25, 0.3) is 0 Å². The summed E-state index contributed by atoms with van der Waals surface area (Å²) in [5.74, 6) is 2.34. The van der Waals surface area contributed by atoms with E-state index in [0.29, 0.717) is 5.69 Å². The van der Waals surface area contributed by atoms with E-state index in [4.69, 9.17) is 9.47 Å². The fraction of sp³-hybridized carbons (Fsp3) is 0.286. The number of aryl methyl sites for hydroxylation is 3. The van der Waals surface area contributed by atoms with Gasteiger partial charge in [-0.2, -0.15) is 0 Å². The van der Waals surface area contributed by atoms with E-state index in [9.17, 15) is 4.79 Å². The molecule has 2 heterocycles. The Morgan fingerprint density at radius 3 is 3.00 bits per heavy atom. The second kappa shape index (κ2) is 4.76. The monoisotopic (exact) mass is 258 g/mol. The van der Waals surface area contributed by atoms with Crippen molar-refractivity contribution in [3.05, 3.63) is 41.0 Å². The van der Waals surface area contributed by atoms with Crippen LogP contribution in [0.15, 0.2) is 18.2 Å². The summed E-state index contributed by atoms with van der Waals surface area (Å²) in [5, 5.41) is 0. The van der Waals surface area contributed by atoms with Gasteiger partial charge in [-0.15, -0.1) is 0 Å². The molecule has 0 aliphatic carbocycles. The highest BCUT2D eigenvalue weighted by molar-refractivity contribution is 5.73. The van der Waals surface area contributed by atoms with E-state index in [2.05, 4.69) is 9.97 Å². The van der Waals surface area contributed by atoms with E-state index in [1.165, 1.54) is 0 Å². The minimum absolute atomic E-state index is 0.286. The van der Waals surface area contributed by atoms with E-state index in [1.54, 1.807) is 0 Å². The molecule has 0 atom stereocenters. The molecule has 1 aliphatic rings. The fourth-order valence-corrected chi connectivity index (χ4v) is 2.21. The lowest BCUT2D eigenvalue weighted by molar-refractivity contribution is 0.111. The van der Waals surface area contributed by atoms with E-state index >= 15 is 0 Å². The number of benzene rings is 1. The molecule has 0 radical (unpaired) electrons. The van der Waals surface area contributed by atoms with Crippen molar-refractivity contribution in [2.75, 3.05) is 6.79 Å². The second-order valence-electron chi connectivity index (χ2n) is 4.49. The van der Waals surface area contributed by atoms with Gasteiger partial charge in [0.05, 0.1) is 0 Å². The van der Waals surface area contributed by atoms with Crippen LogP contribution in [0.25, 0.3) is 0 Å². The molecule has 0 saturated heterocycles. The Hall–Kier alpha value is -2.30. The maximum absolute atomic E-state index is 10.9. The van der Waals surface area contributed by atoms with Gasteiger partial charge in [-0.25, -0.2) is 4.98 Å². The molecule has 3 rings (SSSR count). The first-order valence-corrected chi connectivity index (χ1v) is 6.15. The number of ether oxygens (including phenoxy) is 2. The van der Waals surface area contributed by atoms with Crippen LogP contribution in [-0.4, -0.2) is 23.0 Å². The van der Waals surface area contributed by atoms with Gasteiger partial charge in [-0.3, -0.25) is 4.79 Å². The van der Waals surface area contributed by atoms with Crippen LogP contribution in [0.3, 0.4) is 0 Å². The summed E-state index contributed by atoms with van der Waals surface area (Å²) in [5.41, 5.74) is 2.52. The van der Waals surface area contributed by atoms with Crippen LogP contribution in [0, 0.1) is 6.92 Å². The number of nitrogens with zero attached hydrogens (tertiary/aromatic N) is 1. The number of hydrogen-bond donors (Lipinski definition) is 1. The van der Waals surface area contributed by atoms with Crippen LogP contribution in [0.4, 0.5) is 0 Å². The lowest BCUT2D eigenvalue weighted by atomic mass is 10.1. The molecule has 0 bridgehead atoms. The van der Waals surface area contributed by atoms with E-state index in [1.807, 2.05) is 25.1 Å². The number of aldehydes is 1. The highest BCUT2D eigenvalue weighted by Crippen LogP contribution is 2.32. The van der Waals surface area contributed by atoms with Crippen molar-refractivity contribution in [3.8, 4) is 11.5 Å². The predicted octanol–water partition coefficient (Wildman–Crippen LogP) is 2.04. The Kier molecular flexibility index (Phi) is 2.95. The third-order valence-electron chi connectivity index (χ3n) is 3.14. The zero-order valence-electron chi connectivity index (χ0n) is 10.6. The van der Waals surface area contributed by atoms with Crippen molar-refractivity contribution < 1.29 is 14.3 Å². The normalized spacial score (nSPS) is 12.7. The maximum Gasteiger partial charge on any atom is 0.231 e. The van der Waals surface area contributed by atoms with Gasteiger partial charge in [0.2, 0.25) is 6.79 Å². The molecule has 2 aromatic rings. The number of rotatable bonds is 4. The van der Waals surface area contributed by atoms with Gasteiger partial charge in [-0.05, 0) is 37.5 Å². The second-order valence-corrected chi connectivity index (χ2v) is 4.49.